The van der Waals surface area contributed by atoms with Crippen molar-refractivity contribution in [1.82, 2.24) is 15.5 Å². The van der Waals surface area contributed by atoms with E-state index in [9.17, 15) is 13.2 Å². The third kappa shape index (κ3) is 4.50. The molecule has 8 nitrogen and oxygen atoms in total. The molecule has 27 heavy (non-hydrogen) atoms. The van der Waals surface area contributed by atoms with Crippen molar-refractivity contribution in [3.05, 3.63) is 60.0 Å². The summed E-state index contributed by atoms with van der Waals surface area (Å²) < 4.78 is 33.4. The lowest BCUT2D eigenvalue weighted by molar-refractivity contribution is 0.0946. The SMILES string of the molecule is COc1ccc(-c2noc(CNC(=O)c3cccc(S(C)(=O)=O)c3)n2)cc1. The molecule has 0 saturated carbocycles. The Morgan fingerprint density at radius 2 is 1.93 bits per heavy atom. The van der Waals surface area contributed by atoms with E-state index < -0.39 is 15.7 Å². The van der Waals surface area contributed by atoms with E-state index in [2.05, 4.69) is 15.5 Å². The monoisotopic (exact) mass is 387 g/mol. The highest BCUT2D eigenvalue weighted by Gasteiger charge is 2.13. The first kappa shape index (κ1) is 18.6. The van der Waals surface area contributed by atoms with E-state index in [-0.39, 0.29) is 22.9 Å². The molecule has 3 aromatic rings. The van der Waals surface area contributed by atoms with Gasteiger partial charge in [0.25, 0.3) is 5.91 Å². The number of carbonyl (C=O) groups excluding carboxylic acids is 1. The van der Waals surface area contributed by atoms with Crippen LogP contribution >= 0.6 is 0 Å². The molecule has 0 bridgehead atoms. The van der Waals surface area contributed by atoms with Gasteiger partial charge in [-0.2, -0.15) is 4.98 Å². The Labute approximate surface area is 156 Å². The Morgan fingerprint density at radius 1 is 1.19 bits per heavy atom. The van der Waals surface area contributed by atoms with E-state index in [1.807, 2.05) is 0 Å². The predicted octanol–water partition coefficient (Wildman–Crippen LogP) is 2.08. The first-order chi connectivity index (χ1) is 12.9. The van der Waals surface area contributed by atoms with Gasteiger partial charge in [-0.1, -0.05) is 11.2 Å². The molecule has 0 aliphatic rings. The molecule has 2 aromatic carbocycles. The Balaban J connectivity index is 1.67. The minimum atomic E-state index is -3.39. The van der Waals surface area contributed by atoms with E-state index in [4.69, 9.17) is 9.26 Å². The number of amides is 1. The molecule has 0 radical (unpaired) electrons. The van der Waals surface area contributed by atoms with Crippen LogP contribution in [0.4, 0.5) is 0 Å². The first-order valence-electron chi connectivity index (χ1n) is 7.92. The number of hydrogen-bond donors (Lipinski definition) is 1. The molecule has 0 spiro atoms. The number of carbonyl (C=O) groups is 1. The fourth-order valence-corrected chi connectivity index (χ4v) is 2.98. The summed E-state index contributed by atoms with van der Waals surface area (Å²) in [5.41, 5.74) is 0.978. The van der Waals surface area contributed by atoms with Gasteiger partial charge in [0.1, 0.15) is 5.75 Å². The van der Waals surface area contributed by atoms with Crippen LogP contribution in [-0.4, -0.2) is 37.8 Å². The maximum atomic E-state index is 12.2. The zero-order chi connectivity index (χ0) is 19.4. The highest BCUT2D eigenvalue weighted by molar-refractivity contribution is 7.90. The molecular formula is C18H17N3O5S. The van der Waals surface area contributed by atoms with Crippen LogP contribution in [0.25, 0.3) is 11.4 Å². The molecule has 3 rings (SSSR count). The fourth-order valence-electron chi connectivity index (χ4n) is 2.31. The zero-order valence-electron chi connectivity index (χ0n) is 14.7. The van der Waals surface area contributed by atoms with Crippen molar-refractivity contribution in [2.45, 2.75) is 11.4 Å². The van der Waals surface area contributed by atoms with Gasteiger partial charge in [0.15, 0.2) is 9.84 Å². The Kier molecular flexibility index (Phi) is 5.22. The van der Waals surface area contributed by atoms with Crippen LogP contribution in [0.15, 0.2) is 57.9 Å². The van der Waals surface area contributed by atoms with Gasteiger partial charge in [-0.25, -0.2) is 8.42 Å². The van der Waals surface area contributed by atoms with Crippen LogP contribution in [0.1, 0.15) is 16.2 Å². The number of methoxy groups -OCH3 is 1. The average molecular weight is 387 g/mol. The van der Waals surface area contributed by atoms with E-state index in [1.54, 1.807) is 31.4 Å². The van der Waals surface area contributed by atoms with Crippen LogP contribution in [0, 0.1) is 0 Å². The average Bonchev–Trinajstić information content (AvgIpc) is 3.14. The summed E-state index contributed by atoms with van der Waals surface area (Å²) in [5.74, 6) is 0.894. The lowest BCUT2D eigenvalue weighted by Crippen LogP contribution is -2.23. The number of ether oxygens (including phenoxy) is 1. The second-order valence-electron chi connectivity index (χ2n) is 5.72. The van der Waals surface area contributed by atoms with Crippen molar-refractivity contribution in [1.29, 1.82) is 0 Å². The van der Waals surface area contributed by atoms with Crippen LogP contribution in [-0.2, 0) is 16.4 Å². The van der Waals surface area contributed by atoms with Crippen LogP contribution in [0.3, 0.4) is 0 Å². The van der Waals surface area contributed by atoms with Crippen molar-refractivity contribution < 1.29 is 22.5 Å². The molecule has 1 amide bonds. The summed E-state index contributed by atoms with van der Waals surface area (Å²) in [6.45, 7) is 0.0189. The molecule has 1 N–H and O–H groups in total. The number of hydrogen-bond acceptors (Lipinski definition) is 7. The molecule has 0 aliphatic heterocycles. The van der Waals surface area contributed by atoms with Crippen molar-refractivity contribution in [3.63, 3.8) is 0 Å². The van der Waals surface area contributed by atoms with E-state index in [1.165, 1.54) is 24.3 Å². The number of nitrogens with one attached hydrogen (secondary N) is 1. The van der Waals surface area contributed by atoms with E-state index >= 15 is 0 Å². The van der Waals surface area contributed by atoms with Crippen LogP contribution in [0.5, 0.6) is 5.75 Å². The van der Waals surface area contributed by atoms with E-state index in [0.29, 0.717) is 11.6 Å². The Bertz CT molecular complexity index is 1060. The van der Waals surface area contributed by atoms with Gasteiger partial charge < -0.3 is 14.6 Å². The Hall–Kier alpha value is -3.20. The maximum absolute atomic E-state index is 12.2. The minimum Gasteiger partial charge on any atom is -0.497 e. The number of nitrogens with zero attached hydrogens (tertiary/aromatic N) is 2. The molecule has 140 valence electrons. The molecule has 1 heterocycles. The molecular weight excluding hydrogens is 370 g/mol. The first-order valence-corrected chi connectivity index (χ1v) is 9.81. The molecule has 0 fully saturated rings. The fraction of sp³-hybridized carbons (Fsp3) is 0.167. The molecule has 0 atom stereocenters. The Morgan fingerprint density at radius 3 is 2.59 bits per heavy atom. The smallest absolute Gasteiger partial charge is 0.251 e. The normalized spacial score (nSPS) is 11.2. The van der Waals surface area contributed by atoms with Crippen molar-refractivity contribution in [2.24, 2.45) is 0 Å². The summed E-state index contributed by atoms with van der Waals surface area (Å²) >= 11 is 0. The highest BCUT2D eigenvalue weighted by Crippen LogP contribution is 2.19. The van der Waals surface area contributed by atoms with Crippen molar-refractivity contribution in [2.75, 3.05) is 13.4 Å². The minimum absolute atomic E-state index is 0.0189. The number of aromatic nitrogens is 2. The molecule has 0 saturated heterocycles. The standard InChI is InChI=1S/C18H17N3O5S/c1-25-14-8-6-12(7-9-14)17-20-16(26-21-17)11-19-18(22)13-4-3-5-15(10-13)27(2,23)24/h3-10H,11H2,1-2H3,(H,19,22). The second kappa shape index (κ2) is 7.58. The summed E-state index contributed by atoms with van der Waals surface area (Å²) in [6.07, 6.45) is 1.09. The van der Waals surface area contributed by atoms with Gasteiger partial charge in [0, 0.05) is 17.4 Å². The van der Waals surface area contributed by atoms with Gasteiger partial charge >= 0.3 is 0 Å². The van der Waals surface area contributed by atoms with Gasteiger partial charge in [0.2, 0.25) is 11.7 Å². The quantitative estimate of drug-likeness (QED) is 0.689. The third-order valence-corrected chi connectivity index (χ3v) is 4.85. The molecule has 0 unspecified atom stereocenters. The number of sulfone groups is 1. The largest absolute Gasteiger partial charge is 0.497 e. The van der Waals surface area contributed by atoms with Gasteiger partial charge in [-0.05, 0) is 42.5 Å². The van der Waals surface area contributed by atoms with Crippen LogP contribution < -0.4 is 10.1 Å². The maximum Gasteiger partial charge on any atom is 0.251 e. The number of rotatable bonds is 6. The molecule has 0 aliphatic carbocycles. The lowest BCUT2D eigenvalue weighted by Gasteiger charge is -2.04. The van der Waals surface area contributed by atoms with Gasteiger partial charge in [-0.15, -0.1) is 0 Å². The second-order valence-corrected chi connectivity index (χ2v) is 7.74. The van der Waals surface area contributed by atoms with Crippen LogP contribution in [0.2, 0.25) is 0 Å². The highest BCUT2D eigenvalue weighted by atomic mass is 32.2. The molecule has 1 aromatic heterocycles. The summed E-state index contributed by atoms with van der Waals surface area (Å²) in [5, 5.41) is 6.51. The summed E-state index contributed by atoms with van der Waals surface area (Å²) in [7, 11) is -1.81. The molecule has 9 heteroatoms. The zero-order valence-corrected chi connectivity index (χ0v) is 15.5. The number of benzene rings is 2. The summed E-state index contributed by atoms with van der Waals surface area (Å²) in [4.78, 5) is 16.5. The van der Waals surface area contributed by atoms with Gasteiger partial charge in [-0.3, -0.25) is 4.79 Å². The third-order valence-electron chi connectivity index (χ3n) is 3.74. The van der Waals surface area contributed by atoms with Gasteiger partial charge in [0.05, 0.1) is 18.6 Å². The van der Waals surface area contributed by atoms with E-state index in [0.717, 1.165) is 11.8 Å². The predicted molar refractivity (Wildman–Crippen MR) is 97.0 cm³/mol. The lowest BCUT2D eigenvalue weighted by atomic mass is 10.2. The topological polar surface area (TPSA) is 111 Å². The van der Waals surface area contributed by atoms with Crippen molar-refractivity contribution in [3.8, 4) is 17.1 Å². The van der Waals surface area contributed by atoms with Crippen molar-refractivity contribution >= 4 is 15.7 Å². The summed E-state index contributed by atoms with van der Waals surface area (Å²) in [6, 6.07) is 12.9.